The third-order valence-corrected chi connectivity index (χ3v) is 1.89. The van der Waals surface area contributed by atoms with Crippen molar-refractivity contribution in [2.75, 3.05) is 0 Å². The van der Waals surface area contributed by atoms with Crippen molar-refractivity contribution in [3.8, 4) is 12.1 Å². The van der Waals surface area contributed by atoms with Gasteiger partial charge >= 0.3 is 52.1 Å². The van der Waals surface area contributed by atoms with Crippen molar-refractivity contribution < 1.29 is 4.89 Å². The molecule has 0 aliphatic rings. The zero-order valence-electron chi connectivity index (χ0n) is 2.83. The van der Waals surface area contributed by atoms with Gasteiger partial charge in [0.1, 0.15) is 0 Å². The Morgan fingerprint density at radius 1 is 2.00 bits per heavy atom. The van der Waals surface area contributed by atoms with Crippen molar-refractivity contribution >= 4 is 35.1 Å². The van der Waals surface area contributed by atoms with Crippen LogP contribution in [-0.2, 0) is 0 Å². The van der Waals surface area contributed by atoms with Crippen molar-refractivity contribution in [3.63, 3.8) is 0 Å². The summed E-state index contributed by atoms with van der Waals surface area (Å²) in [6.45, 7) is 0. The quantitative estimate of drug-likeness (QED) is 0.336. The van der Waals surface area contributed by atoms with Crippen molar-refractivity contribution in [1.82, 2.24) is 0 Å². The van der Waals surface area contributed by atoms with E-state index in [2.05, 4.69) is 20.8 Å². The van der Waals surface area contributed by atoms with Gasteiger partial charge in [0.2, 0.25) is 0 Å². The molecule has 0 rings (SSSR count). The molecule has 0 aliphatic heterocycles. The molecule has 4 heteroatoms. The van der Waals surface area contributed by atoms with Crippen molar-refractivity contribution in [1.29, 1.82) is 0 Å². The summed E-state index contributed by atoms with van der Waals surface area (Å²) in [6, 6.07) is 0. The van der Waals surface area contributed by atoms with Crippen LogP contribution in [0.1, 0.15) is 0 Å². The van der Waals surface area contributed by atoms with Gasteiger partial charge in [0.15, 0.2) is 0 Å². The van der Waals surface area contributed by atoms with Crippen LogP contribution in [-0.4, -0.2) is 35.6 Å². The monoisotopic (exact) mass is 234 g/mol. The van der Waals surface area contributed by atoms with E-state index in [0.717, 1.165) is 0 Å². The first-order valence-corrected chi connectivity index (χ1v) is 7.52. The molecule has 0 heterocycles. The first-order chi connectivity index (χ1) is 2.56. The zero-order chi connectivity index (χ0) is 5.21. The van der Waals surface area contributed by atoms with E-state index < -0.39 is 4.43 Å². The van der Waals surface area contributed by atoms with Gasteiger partial charge in [0.05, 0.1) is 0 Å². The molecule has 0 fully saturated rings. The summed E-state index contributed by atoms with van der Waals surface area (Å²) in [5, 5.41) is 0. The van der Waals surface area contributed by atoms with E-state index >= 15 is 0 Å². The molecule has 0 amide bonds. The molecule has 6 heavy (non-hydrogen) atoms. The van der Waals surface area contributed by atoms with E-state index in [4.69, 9.17) is 11.3 Å². The van der Waals surface area contributed by atoms with Gasteiger partial charge in [0, 0.05) is 0 Å². The SMILES string of the molecule is C#CP(O)(=[Se])[SeH]. The predicted molar refractivity (Wildman–Crippen MR) is 30.9 cm³/mol. The van der Waals surface area contributed by atoms with E-state index in [0.29, 0.717) is 0 Å². The Morgan fingerprint density at radius 3 is 2.17 bits per heavy atom. The van der Waals surface area contributed by atoms with Crippen LogP contribution in [0.5, 0.6) is 0 Å². The Labute approximate surface area is 52.2 Å². The molecule has 0 saturated carbocycles. The molecule has 0 spiro atoms. The molecule has 1 N–H and O–H groups in total. The average Bonchev–Trinajstić information content (AvgIpc) is 1.35. The predicted octanol–water partition coefficient (Wildman–Crippen LogP) is -0.599. The molecule has 1 unspecified atom stereocenters. The number of hydrogen-bond donors (Lipinski definition) is 1. The zero-order valence-corrected chi connectivity index (χ0v) is 7.31. The summed E-state index contributed by atoms with van der Waals surface area (Å²) < 4.78 is -2.06. The third-order valence-electron chi connectivity index (χ3n) is 0.168. The fourth-order valence-electron chi connectivity index (χ4n) is 0. The second kappa shape index (κ2) is 2.34. The van der Waals surface area contributed by atoms with E-state index in [1.807, 2.05) is 15.6 Å². The van der Waals surface area contributed by atoms with Crippen LogP contribution >= 0.6 is 4.43 Å². The summed E-state index contributed by atoms with van der Waals surface area (Å²) in [5.74, 6) is 0. The number of hydrogen-bond acceptors (Lipinski definition) is 1. The Balaban J connectivity index is 3.94. The van der Waals surface area contributed by atoms with Gasteiger partial charge < -0.3 is 0 Å². The average molecular weight is 232 g/mol. The normalized spacial score (nSPS) is 18.2. The molecule has 1 atom stereocenters. The molecular weight excluding hydrogens is 229 g/mol. The van der Waals surface area contributed by atoms with E-state index in [9.17, 15) is 0 Å². The van der Waals surface area contributed by atoms with E-state index in [-0.39, 0.29) is 0 Å². The molecule has 0 saturated heterocycles. The van der Waals surface area contributed by atoms with Gasteiger partial charge in [-0.1, -0.05) is 0 Å². The second-order valence-electron chi connectivity index (χ2n) is 0.673. The Kier molecular flexibility index (Phi) is 2.72. The summed E-state index contributed by atoms with van der Waals surface area (Å²) in [7, 11) is 0. The third kappa shape index (κ3) is 4.99. The Morgan fingerprint density at radius 2 is 2.17 bits per heavy atom. The van der Waals surface area contributed by atoms with E-state index in [1.165, 1.54) is 0 Å². The number of rotatable bonds is 0. The van der Waals surface area contributed by atoms with Crippen LogP contribution in [0.4, 0.5) is 0 Å². The summed E-state index contributed by atoms with van der Waals surface area (Å²) in [5.41, 5.74) is 2.19. The first-order valence-electron chi connectivity index (χ1n) is 1.09. The fourth-order valence-corrected chi connectivity index (χ4v) is 0. The fraction of sp³-hybridized carbons (Fsp3) is 0. The van der Waals surface area contributed by atoms with Crippen molar-refractivity contribution in [2.45, 2.75) is 0 Å². The molecular formula is C2H3OPSe2. The van der Waals surface area contributed by atoms with Gasteiger partial charge in [-0.2, -0.15) is 0 Å². The maximum atomic E-state index is 8.62. The van der Waals surface area contributed by atoms with Gasteiger partial charge in [-0.25, -0.2) is 0 Å². The van der Waals surface area contributed by atoms with Crippen LogP contribution in [0.3, 0.4) is 0 Å². The topological polar surface area (TPSA) is 20.2 Å². The number of terminal acetylenes is 1. The van der Waals surface area contributed by atoms with Crippen LogP contribution in [0, 0.1) is 12.1 Å². The van der Waals surface area contributed by atoms with Gasteiger partial charge in [-0.15, -0.1) is 0 Å². The van der Waals surface area contributed by atoms with Crippen LogP contribution in [0.25, 0.3) is 0 Å². The van der Waals surface area contributed by atoms with Gasteiger partial charge in [-0.3, -0.25) is 0 Å². The molecule has 34 valence electrons. The minimum atomic E-state index is -2.06. The van der Waals surface area contributed by atoms with Crippen molar-refractivity contribution in [2.24, 2.45) is 0 Å². The van der Waals surface area contributed by atoms with Crippen molar-refractivity contribution in [3.05, 3.63) is 0 Å². The van der Waals surface area contributed by atoms with Crippen LogP contribution in [0.2, 0.25) is 0 Å². The van der Waals surface area contributed by atoms with Crippen LogP contribution < -0.4 is 0 Å². The standard InChI is InChI=1S/C2H3OPSe2/c1-2-4(3,5)6/h1H,(H2,3,5,6). The molecule has 0 bridgehead atoms. The van der Waals surface area contributed by atoms with Gasteiger partial charge in [0.25, 0.3) is 0 Å². The second-order valence-corrected chi connectivity index (χ2v) is 12.9. The molecule has 0 aromatic heterocycles. The molecule has 0 aromatic carbocycles. The Bertz CT molecular complexity index is 118. The molecule has 0 aromatic rings. The molecule has 0 radical (unpaired) electrons. The van der Waals surface area contributed by atoms with E-state index in [1.54, 1.807) is 0 Å². The Hall–Kier alpha value is 0.989. The summed E-state index contributed by atoms with van der Waals surface area (Å²) in [6.07, 6.45) is 4.81. The summed E-state index contributed by atoms with van der Waals surface area (Å²) >= 11 is 4.50. The van der Waals surface area contributed by atoms with Gasteiger partial charge in [-0.05, 0) is 0 Å². The summed E-state index contributed by atoms with van der Waals surface area (Å²) in [4.78, 5) is 8.62. The molecule has 1 nitrogen and oxygen atoms in total. The first kappa shape index (κ1) is 6.99. The minimum absolute atomic E-state index is 2.03. The van der Waals surface area contributed by atoms with Crippen LogP contribution in [0.15, 0.2) is 0 Å². The molecule has 0 aliphatic carbocycles. The maximum absolute atomic E-state index is 8.62.